The van der Waals surface area contributed by atoms with Crippen molar-refractivity contribution >= 4 is 5.91 Å². The molecule has 25 heavy (non-hydrogen) atoms. The molecule has 0 radical (unpaired) electrons. The molecule has 0 aliphatic carbocycles. The smallest absolute Gasteiger partial charge is 0.225 e. The van der Waals surface area contributed by atoms with E-state index in [1.54, 1.807) is 0 Å². The van der Waals surface area contributed by atoms with Crippen molar-refractivity contribution in [3.05, 3.63) is 70.8 Å². The average Bonchev–Trinajstić information content (AvgIpc) is 2.59. The van der Waals surface area contributed by atoms with Crippen molar-refractivity contribution in [3.63, 3.8) is 0 Å². The Labute approximate surface area is 146 Å². The molecule has 1 atom stereocenters. The minimum atomic E-state index is -1.16. The van der Waals surface area contributed by atoms with Gasteiger partial charge >= 0.3 is 0 Å². The van der Waals surface area contributed by atoms with Crippen molar-refractivity contribution in [2.24, 2.45) is 0 Å². The molecule has 2 aromatic carbocycles. The van der Waals surface area contributed by atoms with E-state index in [0.717, 1.165) is 30.9 Å². The molecule has 0 saturated heterocycles. The number of unbranched alkanes of at least 4 members (excludes halogenated alkanes) is 1. The summed E-state index contributed by atoms with van der Waals surface area (Å²) in [4.78, 5) is 12.1. The van der Waals surface area contributed by atoms with Crippen LogP contribution in [0.5, 0.6) is 0 Å². The second kappa shape index (κ2) is 8.93. The number of hydrogen-bond donors (Lipinski definition) is 1. The number of amides is 1. The Morgan fingerprint density at radius 1 is 1.16 bits per heavy atom. The number of benzene rings is 2. The molecule has 0 aromatic heterocycles. The van der Waals surface area contributed by atoms with E-state index in [0.29, 0.717) is 6.07 Å². The molecule has 0 aliphatic heterocycles. The molecule has 0 aliphatic rings. The van der Waals surface area contributed by atoms with E-state index in [2.05, 4.69) is 12.2 Å². The van der Waals surface area contributed by atoms with E-state index in [1.807, 2.05) is 30.3 Å². The predicted molar refractivity (Wildman–Crippen MR) is 91.6 cm³/mol. The third-order valence-corrected chi connectivity index (χ3v) is 3.91. The number of carbonyl (C=O) groups excluding carboxylic acids is 1. The van der Waals surface area contributed by atoms with Crippen molar-refractivity contribution < 1.29 is 13.6 Å². The number of hydrogen-bond acceptors (Lipinski definition) is 2. The number of halogens is 2. The number of nitrogens with one attached hydrogen (secondary N) is 1. The van der Waals surface area contributed by atoms with Gasteiger partial charge in [-0.25, -0.2) is 8.78 Å². The summed E-state index contributed by atoms with van der Waals surface area (Å²) in [7, 11) is 0. The van der Waals surface area contributed by atoms with Gasteiger partial charge in [-0.1, -0.05) is 43.7 Å². The Morgan fingerprint density at radius 3 is 2.44 bits per heavy atom. The van der Waals surface area contributed by atoms with Crippen molar-refractivity contribution in [2.45, 2.75) is 38.6 Å². The third-order valence-electron chi connectivity index (χ3n) is 3.91. The van der Waals surface area contributed by atoms with Crippen LogP contribution in [0.15, 0.2) is 42.5 Å². The standard InChI is InChI=1S/C20H20F2N2O/c1-2-3-4-14-5-7-15(8-6-14)11-20(25)24-19(13-23)17-10-9-16(21)12-18(17)22/h5-10,12,19H,2-4,11H2,1H3,(H,24,25). The third kappa shape index (κ3) is 5.39. The highest BCUT2D eigenvalue weighted by Crippen LogP contribution is 2.18. The van der Waals surface area contributed by atoms with Gasteiger partial charge in [-0.3, -0.25) is 4.79 Å². The number of nitrogens with zero attached hydrogens (tertiary/aromatic N) is 1. The van der Waals surface area contributed by atoms with Gasteiger partial charge in [0.05, 0.1) is 12.5 Å². The van der Waals surface area contributed by atoms with E-state index in [1.165, 1.54) is 11.6 Å². The molecule has 2 aromatic rings. The topological polar surface area (TPSA) is 52.9 Å². The molecule has 1 N–H and O–H groups in total. The van der Waals surface area contributed by atoms with Gasteiger partial charge in [0.2, 0.25) is 5.91 Å². The molecule has 2 rings (SSSR count). The van der Waals surface area contributed by atoms with Crippen LogP contribution in [0.4, 0.5) is 8.78 Å². The SMILES string of the molecule is CCCCc1ccc(CC(=O)NC(C#N)c2ccc(F)cc2F)cc1. The Kier molecular flexibility index (Phi) is 6.64. The fourth-order valence-corrected chi connectivity index (χ4v) is 2.52. The maximum Gasteiger partial charge on any atom is 0.225 e. The van der Waals surface area contributed by atoms with Crippen molar-refractivity contribution in [2.75, 3.05) is 0 Å². The summed E-state index contributed by atoms with van der Waals surface area (Å²) in [5.74, 6) is -1.98. The van der Waals surface area contributed by atoms with Gasteiger partial charge in [0.25, 0.3) is 0 Å². The molecule has 1 amide bonds. The van der Waals surface area contributed by atoms with E-state index in [9.17, 15) is 18.8 Å². The number of rotatable bonds is 7. The van der Waals surface area contributed by atoms with Crippen molar-refractivity contribution in [3.8, 4) is 6.07 Å². The predicted octanol–water partition coefficient (Wildman–Crippen LogP) is 4.23. The summed E-state index contributed by atoms with van der Waals surface area (Å²) in [6, 6.07) is 11.3. The van der Waals surface area contributed by atoms with Crippen molar-refractivity contribution in [1.29, 1.82) is 5.26 Å². The van der Waals surface area contributed by atoms with E-state index >= 15 is 0 Å². The minimum Gasteiger partial charge on any atom is -0.336 e. The maximum atomic E-state index is 13.8. The summed E-state index contributed by atoms with van der Waals surface area (Å²) >= 11 is 0. The Bertz CT molecular complexity index is 766. The highest BCUT2D eigenvalue weighted by molar-refractivity contribution is 5.79. The first-order valence-electron chi connectivity index (χ1n) is 8.25. The lowest BCUT2D eigenvalue weighted by molar-refractivity contribution is -0.120. The average molecular weight is 342 g/mol. The van der Waals surface area contributed by atoms with Crippen LogP contribution in [0.25, 0.3) is 0 Å². The minimum absolute atomic E-state index is 0.0489. The summed E-state index contributed by atoms with van der Waals surface area (Å²) in [5, 5.41) is 11.7. The molecule has 0 heterocycles. The van der Waals surface area contributed by atoms with Crippen LogP contribution in [-0.2, 0) is 17.6 Å². The zero-order valence-electron chi connectivity index (χ0n) is 14.1. The molecular weight excluding hydrogens is 322 g/mol. The Balaban J connectivity index is 1.99. The largest absolute Gasteiger partial charge is 0.336 e. The van der Waals surface area contributed by atoms with Crippen molar-refractivity contribution in [1.82, 2.24) is 5.32 Å². The summed E-state index contributed by atoms with van der Waals surface area (Å²) in [6.45, 7) is 2.13. The molecule has 5 heteroatoms. The lowest BCUT2D eigenvalue weighted by Crippen LogP contribution is -2.29. The normalized spacial score (nSPS) is 11.6. The molecule has 0 spiro atoms. The van der Waals surface area contributed by atoms with Crippen LogP contribution in [0.1, 0.15) is 42.5 Å². The van der Waals surface area contributed by atoms with Crippen LogP contribution >= 0.6 is 0 Å². The van der Waals surface area contributed by atoms with Gasteiger partial charge in [0.15, 0.2) is 0 Å². The van der Waals surface area contributed by atoms with Crippen LogP contribution in [-0.4, -0.2) is 5.91 Å². The van der Waals surface area contributed by atoms with Gasteiger partial charge in [-0.2, -0.15) is 5.26 Å². The number of aryl methyl sites for hydroxylation is 1. The molecule has 0 bridgehead atoms. The fraction of sp³-hybridized carbons (Fsp3) is 0.300. The molecular formula is C20H20F2N2O. The summed E-state index contributed by atoms with van der Waals surface area (Å²) in [6.07, 6.45) is 3.34. The van der Waals surface area contributed by atoms with Gasteiger partial charge in [-0.15, -0.1) is 0 Å². The highest BCUT2D eigenvalue weighted by Gasteiger charge is 2.18. The van der Waals surface area contributed by atoms with Crippen LogP contribution in [0.3, 0.4) is 0 Å². The fourth-order valence-electron chi connectivity index (χ4n) is 2.52. The van der Waals surface area contributed by atoms with Gasteiger partial charge in [0, 0.05) is 11.6 Å². The second-order valence-electron chi connectivity index (χ2n) is 5.89. The summed E-state index contributed by atoms with van der Waals surface area (Å²) < 4.78 is 26.7. The Morgan fingerprint density at radius 2 is 1.84 bits per heavy atom. The van der Waals surface area contributed by atoms with Gasteiger partial charge in [-0.05, 0) is 30.0 Å². The molecule has 3 nitrogen and oxygen atoms in total. The second-order valence-corrected chi connectivity index (χ2v) is 5.89. The number of nitriles is 1. The summed E-state index contributed by atoms with van der Waals surface area (Å²) in [5.41, 5.74) is 1.98. The van der Waals surface area contributed by atoms with Gasteiger partial charge in [0.1, 0.15) is 17.7 Å². The Hall–Kier alpha value is -2.74. The van der Waals surface area contributed by atoms with E-state index < -0.39 is 23.6 Å². The van der Waals surface area contributed by atoms with Gasteiger partial charge < -0.3 is 5.32 Å². The molecule has 0 fully saturated rings. The van der Waals surface area contributed by atoms with E-state index in [-0.39, 0.29) is 12.0 Å². The lowest BCUT2D eigenvalue weighted by Gasteiger charge is -2.13. The van der Waals surface area contributed by atoms with Crippen LogP contribution < -0.4 is 5.32 Å². The number of carbonyl (C=O) groups is 1. The van der Waals surface area contributed by atoms with Crippen LogP contribution in [0, 0.1) is 23.0 Å². The first-order valence-corrected chi connectivity index (χ1v) is 8.25. The molecule has 130 valence electrons. The first-order chi connectivity index (χ1) is 12.0. The lowest BCUT2D eigenvalue weighted by atomic mass is 10.0. The highest BCUT2D eigenvalue weighted by atomic mass is 19.1. The zero-order valence-corrected chi connectivity index (χ0v) is 14.1. The first kappa shape index (κ1) is 18.6. The molecule has 1 unspecified atom stereocenters. The zero-order chi connectivity index (χ0) is 18.2. The van der Waals surface area contributed by atoms with E-state index in [4.69, 9.17) is 0 Å². The van der Waals surface area contributed by atoms with Crippen LogP contribution in [0.2, 0.25) is 0 Å². The molecule has 0 saturated carbocycles. The monoisotopic (exact) mass is 342 g/mol. The maximum absolute atomic E-state index is 13.8. The quantitative estimate of drug-likeness (QED) is 0.818.